The predicted octanol–water partition coefficient (Wildman–Crippen LogP) is 6.87. The number of hydrogen-bond donors (Lipinski definition) is 0. The Morgan fingerprint density at radius 2 is 1.62 bits per heavy atom. The average molecular weight is 411 g/mol. The van der Waals surface area contributed by atoms with Gasteiger partial charge in [-0.1, -0.05) is 73.2 Å². The highest BCUT2D eigenvalue weighted by Crippen LogP contribution is 2.39. The summed E-state index contributed by atoms with van der Waals surface area (Å²) in [6, 6.07) is 22.9. The number of benzene rings is 3. The van der Waals surface area contributed by atoms with Crippen molar-refractivity contribution in [2.75, 3.05) is 0 Å². The molecule has 0 N–H and O–H groups in total. The third kappa shape index (κ3) is 3.16. The fourth-order valence-electron chi connectivity index (χ4n) is 5.38. The van der Waals surface area contributed by atoms with Crippen LogP contribution in [0.3, 0.4) is 0 Å². The molecule has 4 radical (unpaired) electrons. The lowest BCUT2D eigenvalue weighted by molar-refractivity contribution is 0.327. The number of aromatic nitrogens is 1. The molecule has 1 aliphatic carbocycles. The Balaban J connectivity index is 1.48. The van der Waals surface area contributed by atoms with Crippen molar-refractivity contribution in [3.8, 4) is 11.3 Å². The van der Waals surface area contributed by atoms with Gasteiger partial charge in [0.05, 0.1) is 21.4 Å². The fraction of sp³-hybridized carbons (Fsp3) is 0.250. The summed E-state index contributed by atoms with van der Waals surface area (Å²) >= 11 is 0. The van der Waals surface area contributed by atoms with Crippen LogP contribution >= 0.6 is 0 Å². The molecule has 0 aliphatic heterocycles. The number of fused-ring (bicyclic) bond motifs is 5. The molecule has 6 rings (SSSR count). The van der Waals surface area contributed by atoms with E-state index in [-0.39, 0.29) is 0 Å². The summed E-state index contributed by atoms with van der Waals surface area (Å²) in [7, 11) is 13.4. The van der Waals surface area contributed by atoms with Crippen molar-refractivity contribution in [2.24, 2.45) is 5.92 Å². The van der Waals surface area contributed by atoms with Crippen molar-refractivity contribution >= 4 is 48.4 Å². The monoisotopic (exact) mass is 411 g/mol. The second kappa shape index (κ2) is 7.55. The standard InChI is InChI=1S/C28H23B2NO/c29-28(30,20-7-2-1-3-8-20)21-14-15-31-24(17-21)19-11-12-25-23(16-19)27-22-9-5-4-6-18(22)10-13-26(27)32-25/h4-6,9-17,20H,1-3,7-8H2. The van der Waals surface area contributed by atoms with Gasteiger partial charge in [-0.05, 0) is 53.1 Å². The molecule has 2 heterocycles. The van der Waals surface area contributed by atoms with Gasteiger partial charge in [-0.3, -0.25) is 4.98 Å². The third-order valence-electron chi connectivity index (χ3n) is 7.20. The molecule has 0 amide bonds. The topological polar surface area (TPSA) is 26.0 Å². The van der Waals surface area contributed by atoms with Gasteiger partial charge >= 0.3 is 0 Å². The SMILES string of the molecule is [B]C([B])(c1ccnc(-c2ccc3oc4ccc5ccccc5c4c3c2)c1)C1CCCCC1. The Kier molecular flexibility index (Phi) is 4.64. The molecule has 32 heavy (non-hydrogen) atoms. The van der Waals surface area contributed by atoms with Gasteiger partial charge in [-0.25, -0.2) is 0 Å². The average Bonchev–Trinajstić information content (AvgIpc) is 3.23. The second-order valence-electron chi connectivity index (χ2n) is 9.17. The third-order valence-corrected chi connectivity index (χ3v) is 7.20. The van der Waals surface area contributed by atoms with Crippen molar-refractivity contribution in [1.82, 2.24) is 4.98 Å². The van der Waals surface area contributed by atoms with Crippen LogP contribution in [0.25, 0.3) is 44.0 Å². The molecule has 3 aromatic carbocycles. The van der Waals surface area contributed by atoms with Gasteiger partial charge in [0.25, 0.3) is 0 Å². The minimum Gasteiger partial charge on any atom is -0.456 e. The van der Waals surface area contributed by atoms with Crippen molar-refractivity contribution < 1.29 is 4.42 Å². The van der Waals surface area contributed by atoms with Crippen molar-refractivity contribution in [3.63, 3.8) is 0 Å². The molecule has 2 nitrogen and oxygen atoms in total. The molecule has 0 bridgehead atoms. The van der Waals surface area contributed by atoms with Crippen LogP contribution in [0.15, 0.2) is 77.3 Å². The largest absolute Gasteiger partial charge is 0.456 e. The molecular formula is C28H23B2NO. The Morgan fingerprint density at radius 3 is 2.50 bits per heavy atom. The zero-order valence-electron chi connectivity index (χ0n) is 18.1. The summed E-state index contributed by atoms with van der Waals surface area (Å²) in [5, 5.41) is 3.81. The highest BCUT2D eigenvalue weighted by atomic mass is 16.3. The van der Waals surface area contributed by atoms with E-state index in [4.69, 9.17) is 20.1 Å². The molecule has 1 aliphatic rings. The zero-order chi connectivity index (χ0) is 21.7. The molecule has 0 spiro atoms. The molecule has 1 fully saturated rings. The van der Waals surface area contributed by atoms with Crippen LogP contribution in [-0.4, -0.2) is 20.7 Å². The zero-order valence-corrected chi connectivity index (χ0v) is 18.1. The number of hydrogen-bond acceptors (Lipinski definition) is 2. The maximum absolute atomic E-state index is 6.71. The van der Waals surface area contributed by atoms with Gasteiger partial charge in [0, 0.05) is 22.5 Å². The molecule has 2 aromatic heterocycles. The van der Waals surface area contributed by atoms with E-state index >= 15 is 0 Å². The van der Waals surface area contributed by atoms with Gasteiger partial charge < -0.3 is 4.42 Å². The Bertz CT molecular complexity index is 1450. The van der Waals surface area contributed by atoms with Crippen LogP contribution in [0.1, 0.15) is 37.7 Å². The number of rotatable bonds is 3. The van der Waals surface area contributed by atoms with Gasteiger partial charge in [-0.2, -0.15) is 0 Å². The summed E-state index contributed by atoms with van der Waals surface area (Å²) in [5.41, 5.74) is 4.66. The first-order valence-electron chi connectivity index (χ1n) is 11.5. The van der Waals surface area contributed by atoms with Crippen LogP contribution in [-0.2, 0) is 5.21 Å². The van der Waals surface area contributed by atoms with E-state index in [1.165, 1.54) is 30.0 Å². The van der Waals surface area contributed by atoms with Crippen molar-refractivity contribution in [2.45, 2.75) is 37.3 Å². The summed E-state index contributed by atoms with van der Waals surface area (Å²) in [5.74, 6) is 0.304. The van der Waals surface area contributed by atoms with E-state index in [0.717, 1.165) is 51.6 Å². The van der Waals surface area contributed by atoms with E-state index in [1.807, 2.05) is 18.3 Å². The summed E-state index contributed by atoms with van der Waals surface area (Å²) in [6.45, 7) is 0. The maximum Gasteiger partial charge on any atom is 0.136 e. The Morgan fingerprint density at radius 1 is 0.812 bits per heavy atom. The highest BCUT2D eigenvalue weighted by molar-refractivity contribution is 6.40. The molecule has 0 unspecified atom stereocenters. The van der Waals surface area contributed by atoms with Gasteiger partial charge in [-0.15, -0.1) is 0 Å². The Hall–Kier alpha value is -3.00. The minimum atomic E-state index is -0.833. The molecular weight excluding hydrogens is 388 g/mol. The van der Waals surface area contributed by atoms with E-state index in [1.54, 1.807) is 0 Å². The van der Waals surface area contributed by atoms with Crippen LogP contribution < -0.4 is 0 Å². The predicted molar refractivity (Wildman–Crippen MR) is 134 cm³/mol. The maximum atomic E-state index is 6.71. The number of pyridine rings is 1. The van der Waals surface area contributed by atoms with Crippen LogP contribution in [0.4, 0.5) is 0 Å². The normalized spacial score (nSPS) is 15.6. The van der Waals surface area contributed by atoms with Crippen LogP contribution in [0, 0.1) is 5.92 Å². The molecule has 0 atom stereocenters. The summed E-state index contributed by atoms with van der Waals surface area (Å²) in [6.07, 6.45) is 7.69. The van der Waals surface area contributed by atoms with Crippen LogP contribution in [0.2, 0.25) is 0 Å². The van der Waals surface area contributed by atoms with Crippen molar-refractivity contribution in [3.05, 3.63) is 78.5 Å². The second-order valence-corrected chi connectivity index (χ2v) is 9.17. The number of furan rings is 1. The van der Waals surface area contributed by atoms with E-state index in [2.05, 4.69) is 59.6 Å². The summed E-state index contributed by atoms with van der Waals surface area (Å²) < 4.78 is 6.15. The number of nitrogens with zero attached hydrogens (tertiary/aromatic N) is 1. The first kappa shape index (κ1) is 19.7. The minimum absolute atomic E-state index is 0.304. The van der Waals surface area contributed by atoms with E-state index in [0.29, 0.717) is 5.92 Å². The van der Waals surface area contributed by atoms with Gasteiger partial charge in [0.15, 0.2) is 0 Å². The fourth-order valence-corrected chi connectivity index (χ4v) is 5.38. The molecule has 5 aromatic rings. The lowest BCUT2D eigenvalue weighted by Crippen LogP contribution is -2.37. The molecule has 0 saturated heterocycles. The first-order valence-corrected chi connectivity index (χ1v) is 11.5. The molecule has 152 valence electrons. The van der Waals surface area contributed by atoms with Crippen LogP contribution in [0.5, 0.6) is 0 Å². The molecule has 4 heteroatoms. The lowest BCUT2D eigenvalue weighted by atomic mass is 9.43. The quantitative estimate of drug-likeness (QED) is 0.303. The first-order chi connectivity index (χ1) is 15.6. The van der Waals surface area contributed by atoms with Crippen molar-refractivity contribution in [1.29, 1.82) is 0 Å². The highest BCUT2D eigenvalue weighted by Gasteiger charge is 2.31. The van der Waals surface area contributed by atoms with E-state index < -0.39 is 5.21 Å². The molecule has 1 saturated carbocycles. The van der Waals surface area contributed by atoms with Gasteiger partial charge in [0.2, 0.25) is 0 Å². The summed E-state index contributed by atoms with van der Waals surface area (Å²) in [4.78, 5) is 4.66. The lowest BCUT2D eigenvalue weighted by Gasteiger charge is -2.38. The Labute approximate surface area is 190 Å². The smallest absolute Gasteiger partial charge is 0.136 e. The van der Waals surface area contributed by atoms with Gasteiger partial charge in [0.1, 0.15) is 11.2 Å². The van der Waals surface area contributed by atoms with E-state index in [9.17, 15) is 0 Å².